The van der Waals surface area contributed by atoms with Crippen molar-refractivity contribution in [2.75, 3.05) is 6.61 Å². The SMILES string of the molecule is C[C@H](COC(=O)C(=CC(=O)O)C[C@@H](C)NS(=O)(=O)c1ccccc1)NS(=O)(=O)c1ccccc1. The van der Waals surface area contributed by atoms with Gasteiger partial charge in [0.25, 0.3) is 0 Å². The van der Waals surface area contributed by atoms with Crippen molar-refractivity contribution in [2.45, 2.75) is 42.1 Å². The largest absolute Gasteiger partial charge is 0.478 e. The third-order valence-corrected chi connectivity index (χ3v) is 7.58. The quantitative estimate of drug-likeness (QED) is 0.288. The zero-order chi connectivity index (χ0) is 25.4. The minimum absolute atomic E-state index is 0.0210. The molecule has 0 aliphatic carbocycles. The average Bonchev–Trinajstić information content (AvgIpc) is 2.77. The molecule has 34 heavy (non-hydrogen) atoms. The minimum Gasteiger partial charge on any atom is -0.478 e. The lowest BCUT2D eigenvalue weighted by Crippen LogP contribution is -2.37. The molecular formula is C22H26N2O8S2. The van der Waals surface area contributed by atoms with E-state index in [1.807, 2.05) is 0 Å². The third kappa shape index (κ3) is 8.37. The molecule has 0 fully saturated rings. The highest BCUT2D eigenvalue weighted by Crippen LogP contribution is 2.14. The highest BCUT2D eigenvalue weighted by molar-refractivity contribution is 7.89. The number of ether oxygens (including phenoxy) is 1. The molecule has 0 saturated heterocycles. The van der Waals surface area contributed by atoms with E-state index in [1.165, 1.54) is 38.1 Å². The van der Waals surface area contributed by atoms with Gasteiger partial charge in [-0.05, 0) is 44.5 Å². The first-order valence-corrected chi connectivity index (χ1v) is 13.1. The summed E-state index contributed by atoms with van der Waals surface area (Å²) in [6.07, 6.45) is 0.371. The number of rotatable bonds is 12. The predicted molar refractivity (Wildman–Crippen MR) is 124 cm³/mol. The summed E-state index contributed by atoms with van der Waals surface area (Å²) in [6.45, 7) is 2.58. The Morgan fingerprint density at radius 1 is 0.853 bits per heavy atom. The van der Waals surface area contributed by atoms with Crippen molar-refractivity contribution in [1.82, 2.24) is 9.44 Å². The Balaban J connectivity index is 2.00. The van der Waals surface area contributed by atoms with E-state index in [4.69, 9.17) is 9.84 Å². The average molecular weight is 511 g/mol. The van der Waals surface area contributed by atoms with Gasteiger partial charge in [0.2, 0.25) is 20.0 Å². The van der Waals surface area contributed by atoms with Gasteiger partial charge in [-0.2, -0.15) is 0 Å². The molecular weight excluding hydrogens is 484 g/mol. The Labute approximate surface area is 198 Å². The van der Waals surface area contributed by atoms with Crippen molar-refractivity contribution >= 4 is 32.0 Å². The lowest BCUT2D eigenvalue weighted by molar-refractivity contribution is -0.140. The number of carboxylic acid groups (broad SMARTS) is 1. The molecule has 0 saturated carbocycles. The van der Waals surface area contributed by atoms with E-state index in [0.717, 1.165) is 0 Å². The second kappa shape index (κ2) is 11.9. The summed E-state index contributed by atoms with van der Waals surface area (Å²) >= 11 is 0. The highest BCUT2D eigenvalue weighted by Gasteiger charge is 2.23. The molecule has 2 aromatic rings. The zero-order valence-electron chi connectivity index (χ0n) is 18.5. The second-order valence-corrected chi connectivity index (χ2v) is 10.9. The Hall–Kier alpha value is -3.06. The molecule has 0 radical (unpaired) electrons. The standard InChI is InChI=1S/C22H26N2O8S2/c1-16(23-33(28,29)19-9-5-3-6-10-19)13-18(14-21(25)26)22(27)32-15-17(2)24-34(30,31)20-11-7-4-8-12-20/h3-12,14,16-17,23-24H,13,15H2,1-2H3,(H,25,26)/t16-,17-/m1/s1. The number of benzene rings is 2. The van der Waals surface area contributed by atoms with E-state index in [9.17, 15) is 26.4 Å². The Morgan fingerprint density at radius 3 is 1.74 bits per heavy atom. The highest BCUT2D eigenvalue weighted by atomic mass is 32.2. The van der Waals surface area contributed by atoms with Crippen LogP contribution in [0, 0.1) is 0 Å². The molecule has 2 aromatic carbocycles. The lowest BCUT2D eigenvalue weighted by Gasteiger charge is -2.17. The summed E-state index contributed by atoms with van der Waals surface area (Å²) in [4.78, 5) is 23.7. The predicted octanol–water partition coefficient (Wildman–Crippen LogP) is 1.66. The fourth-order valence-corrected chi connectivity index (χ4v) is 5.43. The van der Waals surface area contributed by atoms with Crippen LogP contribution in [0.4, 0.5) is 0 Å². The molecule has 2 atom stereocenters. The van der Waals surface area contributed by atoms with E-state index < -0.39 is 44.1 Å². The van der Waals surface area contributed by atoms with Crippen LogP contribution in [0.15, 0.2) is 82.1 Å². The fraction of sp³-hybridized carbons (Fsp3) is 0.273. The number of hydrogen-bond donors (Lipinski definition) is 3. The molecule has 2 rings (SSSR count). The van der Waals surface area contributed by atoms with Crippen molar-refractivity contribution in [1.29, 1.82) is 0 Å². The van der Waals surface area contributed by atoms with E-state index >= 15 is 0 Å². The summed E-state index contributed by atoms with van der Waals surface area (Å²) < 4.78 is 59.5. The maximum Gasteiger partial charge on any atom is 0.334 e. The maximum atomic E-state index is 12.5. The number of carboxylic acids is 1. The van der Waals surface area contributed by atoms with Crippen LogP contribution >= 0.6 is 0 Å². The molecule has 184 valence electrons. The molecule has 0 spiro atoms. The number of carbonyl (C=O) groups excluding carboxylic acids is 1. The van der Waals surface area contributed by atoms with E-state index in [0.29, 0.717) is 6.08 Å². The van der Waals surface area contributed by atoms with Crippen molar-refractivity contribution < 1.29 is 36.3 Å². The molecule has 0 aliphatic rings. The molecule has 0 bridgehead atoms. The molecule has 3 N–H and O–H groups in total. The second-order valence-electron chi connectivity index (χ2n) is 7.48. The van der Waals surface area contributed by atoms with Crippen LogP contribution in [-0.4, -0.2) is 52.6 Å². The maximum absolute atomic E-state index is 12.5. The topological polar surface area (TPSA) is 156 Å². The summed E-state index contributed by atoms with van der Waals surface area (Å²) in [5.74, 6) is -2.41. The number of sulfonamides is 2. The van der Waals surface area contributed by atoms with Crippen LogP contribution in [-0.2, 0) is 34.4 Å². The number of nitrogens with one attached hydrogen (secondary N) is 2. The van der Waals surface area contributed by atoms with Crippen LogP contribution in [0.2, 0.25) is 0 Å². The Morgan fingerprint density at radius 2 is 1.29 bits per heavy atom. The number of esters is 1. The van der Waals surface area contributed by atoms with Crippen LogP contribution < -0.4 is 9.44 Å². The van der Waals surface area contributed by atoms with Gasteiger partial charge in [-0.25, -0.2) is 35.9 Å². The van der Waals surface area contributed by atoms with Gasteiger partial charge in [-0.1, -0.05) is 36.4 Å². The number of aliphatic carboxylic acids is 1. The van der Waals surface area contributed by atoms with Crippen molar-refractivity contribution in [3.8, 4) is 0 Å². The summed E-state index contributed by atoms with van der Waals surface area (Å²) in [6, 6.07) is 13.5. The van der Waals surface area contributed by atoms with Gasteiger partial charge in [-0.15, -0.1) is 0 Å². The monoisotopic (exact) mass is 510 g/mol. The molecule has 12 heteroatoms. The van der Waals surface area contributed by atoms with Gasteiger partial charge in [-0.3, -0.25) is 0 Å². The molecule has 0 amide bonds. The smallest absolute Gasteiger partial charge is 0.334 e. The van der Waals surface area contributed by atoms with Gasteiger partial charge >= 0.3 is 11.9 Å². The fourth-order valence-electron chi connectivity index (χ4n) is 2.91. The van der Waals surface area contributed by atoms with Crippen molar-refractivity contribution in [2.24, 2.45) is 0 Å². The van der Waals surface area contributed by atoms with Gasteiger partial charge in [0, 0.05) is 17.7 Å². The Kier molecular flexibility index (Phi) is 9.50. The van der Waals surface area contributed by atoms with Crippen LogP contribution in [0.1, 0.15) is 20.3 Å². The summed E-state index contributed by atoms with van der Waals surface area (Å²) in [7, 11) is -7.72. The summed E-state index contributed by atoms with van der Waals surface area (Å²) in [5, 5.41) is 9.10. The number of carbonyl (C=O) groups is 2. The van der Waals surface area contributed by atoms with E-state index in [2.05, 4.69) is 9.44 Å². The first kappa shape index (κ1) is 27.2. The van der Waals surface area contributed by atoms with E-state index in [1.54, 1.807) is 36.4 Å². The van der Waals surface area contributed by atoms with Crippen molar-refractivity contribution in [3.05, 3.63) is 72.3 Å². The normalized spacial score (nSPS) is 14.2. The molecule has 0 heterocycles. The minimum atomic E-state index is -3.89. The zero-order valence-corrected chi connectivity index (χ0v) is 20.2. The van der Waals surface area contributed by atoms with Gasteiger partial charge < -0.3 is 9.84 Å². The van der Waals surface area contributed by atoms with Crippen LogP contribution in [0.5, 0.6) is 0 Å². The molecule has 10 nitrogen and oxygen atoms in total. The molecule has 0 aromatic heterocycles. The first-order chi connectivity index (χ1) is 15.9. The van der Waals surface area contributed by atoms with Crippen LogP contribution in [0.25, 0.3) is 0 Å². The summed E-state index contributed by atoms with van der Waals surface area (Å²) in [5.41, 5.74) is -0.283. The Bertz CT molecular complexity index is 1230. The van der Waals surface area contributed by atoms with Gasteiger partial charge in [0.1, 0.15) is 6.61 Å². The van der Waals surface area contributed by atoms with E-state index in [-0.39, 0.29) is 28.4 Å². The lowest BCUT2D eigenvalue weighted by atomic mass is 10.1. The van der Waals surface area contributed by atoms with Gasteiger partial charge in [0.05, 0.1) is 15.8 Å². The van der Waals surface area contributed by atoms with Gasteiger partial charge in [0.15, 0.2) is 0 Å². The third-order valence-electron chi connectivity index (χ3n) is 4.37. The molecule has 0 unspecified atom stereocenters. The van der Waals surface area contributed by atoms with Crippen LogP contribution in [0.3, 0.4) is 0 Å². The number of hydrogen-bond acceptors (Lipinski definition) is 7. The van der Waals surface area contributed by atoms with Crippen molar-refractivity contribution in [3.63, 3.8) is 0 Å². The molecule has 0 aliphatic heterocycles. The first-order valence-electron chi connectivity index (χ1n) is 10.2.